The first-order chi connectivity index (χ1) is 5.39. The van der Waals surface area contributed by atoms with Crippen LogP contribution in [-0.4, -0.2) is 25.8 Å². The van der Waals surface area contributed by atoms with E-state index in [9.17, 15) is 8.42 Å². The van der Waals surface area contributed by atoms with Crippen LogP contribution in [0.1, 0.15) is 20.3 Å². The lowest BCUT2D eigenvalue weighted by Crippen LogP contribution is -2.40. The lowest BCUT2D eigenvalue weighted by atomic mass is 9.94. The van der Waals surface area contributed by atoms with Gasteiger partial charge >= 0.3 is 0 Å². The Morgan fingerprint density at radius 3 is 2.00 bits per heavy atom. The van der Waals surface area contributed by atoms with Gasteiger partial charge in [0.15, 0.2) is 0 Å². The molecule has 0 aromatic rings. The van der Waals surface area contributed by atoms with E-state index in [0.717, 1.165) is 6.42 Å². The molecule has 0 aromatic heterocycles. The maximum Gasteiger partial charge on any atom is 0.299 e. The van der Waals surface area contributed by atoms with Gasteiger partial charge in [0.05, 0.1) is 0 Å². The summed E-state index contributed by atoms with van der Waals surface area (Å²) in [5.41, 5.74) is 0. The molecule has 0 aliphatic carbocycles. The standard InChI is InChI=1S/C7H14ClNO2S/c1-6-3-7(2)5-9(4-6)12(8,10)11/h6-7H,3-5H2,1-2H3. The summed E-state index contributed by atoms with van der Waals surface area (Å²) in [6.45, 7) is 5.22. The van der Waals surface area contributed by atoms with Gasteiger partial charge in [0.25, 0.3) is 9.24 Å². The SMILES string of the molecule is CC1CC(C)CN(S(=O)(=O)Cl)C1. The van der Waals surface area contributed by atoms with Crippen LogP contribution in [0.5, 0.6) is 0 Å². The van der Waals surface area contributed by atoms with Gasteiger partial charge in [-0.1, -0.05) is 13.8 Å². The quantitative estimate of drug-likeness (QED) is 0.616. The summed E-state index contributed by atoms with van der Waals surface area (Å²) < 4.78 is 23.3. The van der Waals surface area contributed by atoms with Crippen LogP contribution in [0, 0.1) is 11.8 Å². The summed E-state index contributed by atoms with van der Waals surface area (Å²) in [5.74, 6) is 0.838. The molecule has 0 radical (unpaired) electrons. The second kappa shape index (κ2) is 3.52. The summed E-state index contributed by atoms with van der Waals surface area (Å²) in [7, 11) is 1.75. The van der Waals surface area contributed by atoms with Crippen molar-refractivity contribution in [2.24, 2.45) is 11.8 Å². The highest BCUT2D eigenvalue weighted by Gasteiger charge is 2.28. The van der Waals surface area contributed by atoms with Gasteiger partial charge in [-0.15, -0.1) is 0 Å². The zero-order valence-electron chi connectivity index (χ0n) is 7.33. The van der Waals surface area contributed by atoms with Crippen LogP contribution in [0.3, 0.4) is 0 Å². The largest absolute Gasteiger partial charge is 0.299 e. The highest BCUT2D eigenvalue weighted by Crippen LogP contribution is 2.24. The molecule has 0 saturated carbocycles. The maximum atomic E-state index is 11.0. The molecule has 0 N–H and O–H groups in total. The Kier molecular flexibility index (Phi) is 3.01. The van der Waals surface area contributed by atoms with Gasteiger partial charge in [-0.3, -0.25) is 0 Å². The van der Waals surface area contributed by atoms with Crippen molar-refractivity contribution >= 4 is 19.9 Å². The van der Waals surface area contributed by atoms with E-state index < -0.39 is 9.24 Å². The molecule has 1 aliphatic rings. The van der Waals surface area contributed by atoms with Crippen LogP contribution in [0.2, 0.25) is 0 Å². The highest BCUT2D eigenvalue weighted by molar-refractivity contribution is 8.11. The Balaban J connectivity index is 2.68. The Labute approximate surface area is 78.3 Å². The molecule has 12 heavy (non-hydrogen) atoms. The van der Waals surface area contributed by atoms with E-state index in [1.807, 2.05) is 13.8 Å². The van der Waals surface area contributed by atoms with Gasteiger partial charge in [-0.05, 0) is 18.3 Å². The lowest BCUT2D eigenvalue weighted by Gasteiger charge is -2.31. The lowest BCUT2D eigenvalue weighted by molar-refractivity contribution is 0.225. The molecule has 0 bridgehead atoms. The van der Waals surface area contributed by atoms with Crippen molar-refractivity contribution in [3.63, 3.8) is 0 Å². The van der Waals surface area contributed by atoms with Crippen LogP contribution < -0.4 is 0 Å². The molecule has 0 aromatic carbocycles. The molecule has 5 heteroatoms. The number of hydrogen-bond acceptors (Lipinski definition) is 2. The second-order valence-corrected chi connectivity index (χ2v) is 6.22. The van der Waals surface area contributed by atoms with Crippen molar-refractivity contribution in [3.05, 3.63) is 0 Å². The second-order valence-electron chi connectivity index (χ2n) is 3.71. The van der Waals surface area contributed by atoms with Gasteiger partial charge < -0.3 is 0 Å². The molecule has 2 unspecified atom stereocenters. The summed E-state index contributed by atoms with van der Waals surface area (Å²) in [4.78, 5) is 0. The first kappa shape index (κ1) is 10.3. The van der Waals surface area contributed by atoms with Crippen LogP contribution in [0.4, 0.5) is 0 Å². The van der Waals surface area contributed by atoms with Crippen LogP contribution in [-0.2, 0) is 9.24 Å². The van der Waals surface area contributed by atoms with Crippen molar-refractivity contribution in [2.45, 2.75) is 20.3 Å². The smallest absolute Gasteiger partial charge is 0.195 e. The first-order valence-corrected chi connectivity index (χ1v) is 6.36. The summed E-state index contributed by atoms with van der Waals surface area (Å²) in [6.07, 6.45) is 1.09. The van der Waals surface area contributed by atoms with Crippen molar-refractivity contribution in [1.29, 1.82) is 0 Å². The van der Waals surface area contributed by atoms with E-state index in [0.29, 0.717) is 24.9 Å². The van der Waals surface area contributed by atoms with E-state index in [2.05, 4.69) is 0 Å². The van der Waals surface area contributed by atoms with Gasteiger partial charge in [-0.25, -0.2) is 0 Å². The first-order valence-electron chi connectivity index (χ1n) is 4.09. The van der Waals surface area contributed by atoms with E-state index in [4.69, 9.17) is 10.7 Å². The molecule has 0 spiro atoms. The molecular weight excluding hydrogens is 198 g/mol. The summed E-state index contributed by atoms with van der Waals surface area (Å²) in [5, 5.41) is 0. The molecule has 3 nitrogen and oxygen atoms in total. The number of rotatable bonds is 1. The molecular formula is C7H14ClNO2S. The fourth-order valence-electron chi connectivity index (χ4n) is 1.78. The number of nitrogens with zero attached hydrogens (tertiary/aromatic N) is 1. The number of piperidine rings is 1. The molecule has 1 heterocycles. The van der Waals surface area contributed by atoms with E-state index in [-0.39, 0.29) is 0 Å². The monoisotopic (exact) mass is 211 g/mol. The Hall–Kier alpha value is 0.200. The van der Waals surface area contributed by atoms with Crippen molar-refractivity contribution < 1.29 is 8.42 Å². The molecule has 1 aliphatic heterocycles. The van der Waals surface area contributed by atoms with Crippen LogP contribution in [0.15, 0.2) is 0 Å². The van der Waals surface area contributed by atoms with Crippen molar-refractivity contribution in [2.75, 3.05) is 13.1 Å². The minimum absolute atomic E-state index is 0.419. The van der Waals surface area contributed by atoms with E-state index in [1.54, 1.807) is 0 Å². The van der Waals surface area contributed by atoms with E-state index >= 15 is 0 Å². The predicted molar refractivity (Wildman–Crippen MR) is 49.3 cm³/mol. The van der Waals surface area contributed by atoms with Crippen molar-refractivity contribution in [3.8, 4) is 0 Å². The molecule has 0 amide bonds. The zero-order valence-corrected chi connectivity index (χ0v) is 8.90. The van der Waals surface area contributed by atoms with Crippen LogP contribution >= 0.6 is 10.7 Å². The highest BCUT2D eigenvalue weighted by atomic mass is 35.7. The number of hydrogen-bond donors (Lipinski definition) is 0. The maximum absolute atomic E-state index is 11.0. The molecule has 1 saturated heterocycles. The normalized spacial score (nSPS) is 33.6. The van der Waals surface area contributed by atoms with Gasteiger partial charge in [0.2, 0.25) is 0 Å². The topological polar surface area (TPSA) is 37.4 Å². The van der Waals surface area contributed by atoms with Crippen molar-refractivity contribution in [1.82, 2.24) is 4.31 Å². The molecule has 2 atom stereocenters. The molecule has 1 rings (SSSR count). The third-order valence-corrected chi connectivity index (χ3v) is 3.64. The fourth-order valence-corrected chi connectivity index (χ4v) is 2.99. The fraction of sp³-hybridized carbons (Fsp3) is 1.00. The minimum Gasteiger partial charge on any atom is -0.195 e. The molecule has 1 fully saturated rings. The van der Waals surface area contributed by atoms with Gasteiger partial charge in [0, 0.05) is 23.8 Å². The average molecular weight is 212 g/mol. The summed E-state index contributed by atoms with van der Waals surface area (Å²) in [6, 6.07) is 0. The van der Waals surface area contributed by atoms with Gasteiger partial charge in [0.1, 0.15) is 0 Å². The summed E-state index contributed by atoms with van der Waals surface area (Å²) >= 11 is 0. The van der Waals surface area contributed by atoms with Gasteiger partial charge in [-0.2, -0.15) is 12.7 Å². The number of halogens is 1. The Bertz CT molecular complexity index is 242. The average Bonchev–Trinajstić information content (AvgIpc) is 1.82. The molecule has 72 valence electrons. The third-order valence-electron chi connectivity index (χ3n) is 2.14. The zero-order chi connectivity index (χ0) is 9.35. The minimum atomic E-state index is -3.49. The van der Waals surface area contributed by atoms with Crippen LogP contribution in [0.25, 0.3) is 0 Å². The Morgan fingerprint density at radius 2 is 1.67 bits per heavy atom. The Morgan fingerprint density at radius 1 is 1.25 bits per heavy atom. The third kappa shape index (κ3) is 2.61. The predicted octanol–water partition coefficient (Wildman–Crippen LogP) is 1.45. The van der Waals surface area contributed by atoms with E-state index in [1.165, 1.54) is 4.31 Å².